The molecule has 0 saturated heterocycles. The summed E-state index contributed by atoms with van der Waals surface area (Å²) in [6, 6.07) is 0. The second-order valence-electron chi connectivity index (χ2n) is 3.82. The maximum atomic E-state index is 2.39. The summed E-state index contributed by atoms with van der Waals surface area (Å²) in [7, 11) is 0. The maximum Gasteiger partial charge on any atom is 0.0359 e. The third-order valence-electron chi connectivity index (χ3n) is 2.49. The molecule has 1 heterocycles. The van der Waals surface area contributed by atoms with Crippen LogP contribution in [0, 0.1) is 0 Å². The Morgan fingerprint density at radius 2 is 2.15 bits per heavy atom. The van der Waals surface area contributed by atoms with Crippen molar-refractivity contribution in [1.82, 2.24) is 4.90 Å². The van der Waals surface area contributed by atoms with E-state index in [1.807, 2.05) is 0 Å². The van der Waals surface area contributed by atoms with Gasteiger partial charge >= 0.3 is 0 Å². The van der Waals surface area contributed by atoms with Gasteiger partial charge in [-0.1, -0.05) is 37.8 Å². The summed E-state index contributed by atoms with van der Waals surface area (Å²) in [6.07, 6.45) is 12.1. The van der Waals surface area contributed by atoms with Gasteiger partial charge in [0, 0.05) is 13.1 Å². The molecule has 0 amide bonds. The summed E-state index contributed by atoms with van der Waals surface area (Å²) in [4.78, 5) is 2.39. The Morgan fingerprint density at radius 1 is 1.31 bits per heavy atom. The molecule has 0 atom stereocenters. The fourth-order valence-corrected chi connectivity index (χ4v) is 1.52. The van der Waals surface area contributed by atoms with Crippen LogP contribution in [0.4, 0.5) is 0 Å². The van der Waals surface area contributed by atoms with Crippen LogP contribution in [0.25, 0.3) is 0 Å². The Morgan fingerprint density at radius 3 is 2.77 bits per heavy atom. The highest BCUT2D eigenvalue weighted by molar-refractivity contribution is 5.19. The SMILES string of the molecule is CCCCCCN1C=CC(C)=CC1. The van der Waals surface area contributed by atoms with Gasteiger partial charge < -0.3 is 4.90 Å². The Balaban J connectivity index is 2.07. The van der Waals surface area contributed by atoms with Crippen LogP contribution >= 0.6 is 0 Å². The molecule has 0 spiro atoms. The molecule has 0 aromatic rings. The van der Waals surface area contributed by atoms with Crippen molar-refractivity contribution in [2.24, 2.45) is 0 Å². The summed E-state index contributed by atoms with van der Waals surface area (Å²) in [6.45, 7) is 6.74. The van der Waals surface area contributed by atoms with E-state index in [4.69, 9.17) is 0 Å². The van der Waals surface area contributed by atoms with E-state index in [9.17, 15) is 0 Å². The monoisotopic (exact) mass is 179 g/mol. The van der Waals surface area contributed by atoms with Gasteiger partial charge in [0.25, 0.3) is 0 Å². The van der Waals surface area contributed by atoms with Crippen LogP contribution < -0.4 is 0 Å². The van der Waals surface area contributed by atoms with E-state index in [1.54, 1.807) is 0 Å². The molecule has 1 rings (SSSR count). The minimum absolute atomic E-state index is 1.11. The standard InChI is InChI=1S/C12H21N/c1-3-4-5-6-9-13-10-7-12(2)8-11-13/h7-8,10H,3-6,9,11H2,1-2H3. The lowest BCUT2D eigenvalue weighted by Gasteiger charge is -2.21. The molecule has 1 aliphatic rings. The molecule has 0 bridgehead atoms. The van der Waals surface area contributed by atoms with Gasteiger partial charge in [-0.15, -0.1) is 0 Å². The first-order chi connectivity index (χ1) is 6.33. The maximum absolute atomic E-state index is 2.39. The number of unbranched alkanes of at least 4 members (excludes halogenated alkanes) is 3. The van der Waals surface area contributed by atoms with Crippen molar-refractivity contribution >= 4 is 0 Å². The van der Waals surface area contributed by atoms with E-state index >= 15 is 0 Å². The lowest BCUT2D eigenvalue weighted by atomic mass is 10.2. The third-order valence-corrected chi connectivity index (χ3v) is 2.49. The fraction of sp³-hybridized carbons (Fsp3) is 0.667. The lowest BCUT2D eigenvalue weighted by Crippen LogP contribution is -2.20. The Bertz CT molecular complexity index is 191. The summed E-state index contributed by atoms with van der Waals surface area (Å²) < 4.78 is 0. The number of hydrogen-bond acceptors (Lipinski definition) is 1. The van der Waals surface area contributed by atoms with Gasteiger partial charge in [0.05, 0.1) is 0 Å². The van der Waals surface area contributed by atoms with Gasteiger partial charge in [-0.2, -0.15) is 0 Å². The predicted molar refractivity (Wildman–Crippen MR) is 58.6 cm³/mol. The molecule has 0 unspecified atom stereocenters. The van der Waals surface area contributed by atoms with Crippen molar-refractivity contribution in [2.75, 3.05) is 13.1 Å². The van der Waals surface area contributed by atoms with Crippen LogP contribution in [0.3, 0.4) is 0 Å². The average Bonchev–Trinajstić information content (AvgIpc) is 2.15. The molecular formula is C12H21N. The zero-order chi connectivity index (χ0) is 9.52. The average molecular weight is 179 g/mol. The highest BCUT2D eigenvalue weighted by Gasteiger charge is 2.00. The zero-order valence-corrected chi connectivity index (χ0v) is 8.92. The summed E-state index contributed by atoms with van der Waals surface area (Å²) in [5.74, 6) is 0. The van der Waals surface area contributed by atoms with Gasteiger partial charge in [-0.3, -0.25) is 0 Å². The molecule has 1 heteroatoms. The first kappa shape index (κ1) is 10.4. The Labute approximate surface area is 82.1 Å². The normalized spacial score (nSPS) is 16.2. The van der Waals surface area contributed by atoms with Crippen molar-refractivity contribution < 1.29 is 0 Å². The minimum Gasteiger partial charge on any atom is -0.374 e. The number of allylic oxidation sites excluding steroid dienone is 2. The van der Waals surface area contributed by atoms with E-state index in [1.165, 1.54) is 37.8 Å². The molecule has 0 aromatic heterocycles. The predicted octanol–water partition coefficient (Wildman–Crippen LogP) is 3.34. The highest BCUT2D eigenvalue weighted by atomic mass is 15.1. The number of rotatable bonds is 5. The van der Waals surface area contributed by atoms with Crippen molar-refractivity contribution in [1.29, 1.82) is 0 Å². The van der Waals surface area contributed by atoms with Crippen molar-refractivity contribution in [2.45, 2.75) is 39.5 Å². The van der Waals surface area contributed by atoms with Crippen molar-refractivity contribution in [3.8, 4) is 0 Å². The van der Waals surface area contributed by atoms with Crippen LogP contribution in [-0.2, 0) is 0 Å². The number of nitrogens with zero attached hydrogens (tertiary/aromatic N) is 1. The van der Waals surface area contributed by atoms with Crippen LogP contribution in [-0.4, -0.2) is 18.0 Å². The fourth-order valence-electron chi connectivity index (χ4n) is 1.52. The van der Waals surface area contributed by atoms with Gasteiger partial charge in [-0.25, -0.2) is 0 Å². The summed E-state index contributed by atoms with van der Waals surface area (Å²) >= 11 is 0. The van der Waals surface area contributed by atoms with Gasteiger partial charge in [-0.05, 0) is 25.6 Å². The van der Waals surface area contributed by atoms with Crippen LogP contribution in [0.1, 0.15) is 39.5 Å². The lowest BCUT2D eigenvalue weighted by molar-refractivity contribution is 0.392. The van der Waals surface area contributed by atoms with Crippen LogP contribution in [0.2, 0.25) is 0 Å². The van der Waals surface area contributed by atoms with Crippen molar-refractivity contribution in [3.63, 3.8) is 0 Å². The first-order valence-corrected chi connectivity index (χ1v) is 5.42. The molecule has 74 valence electrons. The van der Waals surface area contributed by atoms with Gasteiger partial charge in [0.1, 0.15) is 0 Å². The second kappa shape index (κ2) is 5.85. The molecule has 0 saturated carbocycles. The molecule has 0 fully saturated rings. The summed E-state index contributed by atoms with van der Waals surface area (Å²) in [5, 5.41) is 0. The van der Waals surface area contributed by atoms with E-state index in [0.717, 1.165) is 6.54 Å². The molecule has 0 aromatic carbocycles. The third kappa shape index (κ3) is 4.16. The number of hydrogen-bond donors (Lipinski definition) is 0. The van der Waals surface area contributed by atoms with Gasteiger partial charge in [0.2, 0.25) is 0 Å². The first-order valence-electron chi connectivity index (χ1n) is 5.42. The summed E-state index contributed by atoms with van der Waals surface area (Å²) in [5.41, 5.74) is 1.39. The Kier molecular flexibility index (Phi) is 4.66. The topological polar surface area (TPSA) is 3.24 Å². The van der Waals surface area contributed by atoms with E-state index < -0.39 is 0 Å². The van der Waals surface area contributed by atoms with E-state index in [0.29, 0.717) is 0 Å². The van der Waals surface area contributed by atoms with E-state index in [-0.39, 0.29) is 0 Å². The minimum atomic E-state index is 1.11. The smallest absolute Gasteiger partial charge is 0.0359 e. The zero-order valence-electron chi connectivity index (χ0n) is 8.92. The molecule has 13 heavy (non-hydrogen) atoms. The molecular weight excluding hydrogens is 158 g/mol. The molecule has 0 aliphatic carbocycles. The molecule has 0 radical (unpaired) electrons. The largest absolute Gasteiger partial charge is 0.374 e. The Hall–Kier alpha value is -0.720. The molecule has 1 aliphatic heterocycles. The van der Waals surface area contributed by atoms with Crippen LogP contribution in [0.15, 0.2) is 23.9 Å². The van der Waals surface area contributed by atoms with E-state index in [2.05, 4.69) is 37.1 Å². The highest BCUT2D eigenvalue weighted by Crippen LogP contribution is 2.08. The second-order valence-corrected chi connectivity index (χ2v) is 3.82. The molecule has 1 nitrogen and oxygen atoms in total. The quantitative estimate of drug-likeness (QED) is 0.585. The van der Waals surface area contributed by atoms with Gasteiger partial charge in [0.15, 0.2) is 0 Å². The van der Waals surface area contributed by atoms with Crippen LogP contribution in [0.5, 0.6) is 0 Å². The molecule has 0 N–H and O–H groups in total. The van der Waals surface area contributed by atoms with Crippen molar-refractivity contribution in [3.05, 3.63) is 23.9 Å².